The summed E-state index contributed by atoms with van der Waals surface area (Å²) in [6, 6.07) is 2.43. The van der Waals surface area contributed by atoms with E-state index in [1.807, 2.05) is 0 Å². The summed E-state index contributed by atoms with van der Waals surface area (Å²) in [7, 11) is -0.823. The van der Waals surface area contributed by atoms with Gasteiger partial charge < -0.3 is 9.16 Å². The molecular formula is C13H32O2Si2. The molecule has 0 atom stereocenters. The van der Waals surface area contributed by atoms with Crippen molar-refractivity contribution in [3.8, 4) is 0 Å². The summed E-state index contributed by atoms with van der Waals surface area (Å²) in [4.78, 5) is 0. The van der Waals surface area contributed by atoms with Crippen LogP contribution >= 0.6 is 0 Å². The molecule has 0 saturated carbocycles. The van der Waals surface area contributed by atoms with Gasteiger partial charge in [0.15, 0.2) is 8.32 Å². The molecule has 4 heteroatoms. The number of hydrogen-bond donors (Lipinski definition) is 0. The van der Waals surface area contributed by atoms with E-state index in [9.17, 15) is 0 Å². The van der Waals surface area contributed by atoms with E-state index in [4.69, 9.17) is 9.16 Å². The maximum absolute atomic E-state index is 6.47. The molecular weight excluding hydrogens is 244 g/mol. The van der Waals surface area contributed by atoms with Gasteiger partial charge in [-0.3, -0.25) is 0 Å². The van der Waals surface area contributed by atoms with Gasteiger partial charge in [0, 0.05) is 27.4 Å². The van der Waals surface area contributed by atoms with Gasteiger partial charge in [-0.25, -0.2) is 0 Å². The van der Waals surface area contributed by atoms with Crippen LogP contribution < -0.4 is 0 Å². The number of rotatable bonds is 8. The summed E-state index contributed by atoms with van der Waals surface area (Å²) in [5.41, 5.74) is 0.0489. The number of methoxy groups -OCH3 is 1. The summed E-state index contributed by atoms with van der Waals surface area (Å²) >= 11 is 0. The lowest BCUT2D eigenvalue weighted by atomic mass is 10.2. The first kappa shape index (κ1) is 17.4. The molecule has 0 aromatic heterocycles. The first-order valence-corrected chi connectivity index (χ1v) is 13.5. The Hall–Kier alpha value is 0.354. The van der Waals surface area contributed by atoms with Gasteiger partial charge in [-0.2, -0.15) is 0 Å². The third kappa shape index (κ3) is 10.0. The number of hydrogen-bond acceptors (Lipinski definition) is 2. The highest BCUT2D eigenvalue weighted by molar-refractivity contribution is 6.76. The van der Waals surface area contributed by atoms with Crippen molar-refractivity contribution in [2.75, 3.05) is 13.7 Å². The lowest BCUT2D eigenvalue weighted by Gasteiger charge is -2.38. The average Bonchev–Trinajstić information content (AvgIpc) is 1.96. The van der Waals surface area contributed by atoms with Crippen molar-refractivity contribution in [3.63, 3.8) is 0 Å². The minimum absolute atomic E-state index is 0.0489. The molecule has 0 radical (unpaired) electrons. The molecule has 0 aliphatic heterocycles. The highest BCUT2D eigenvalue weighted by atomic mass is 28.4. The molecule has 0 N–H and O–H groups in total. The minimum Gasteiger partial charge on any atom is -0.413 e. The van der Waals surface area contributed by atoms with Crippen molar-refractivity contribution < 1.29 is 9.16 Å². The standard InChI is InChI=1S/C13H32O2Si2/c1-13(2,12-16(4,5)6)15-17(7,8)11-9-10-14-3/h9-12H2,1-8H3. The zero-order valence-corrected chi connectivity index (χ0v) is 15.1. The molecule has 0 saturated heterocycles. The van der Waals surface area contributed by atoms with Crippen LogP contribution in [0.2, 0.25) is 44.8 Å². The summed E-state index contributed by atoms with van der Waals surface area (Å²) in [5, 5.41) is 0. The molecule has 0 fully saturated rings. The Morgan fingerprint density at radius 1 is 1.00 bits per heavy atom. The fraction of sp³-hybridized carbons (Fsp3) is 1.00. The monoisotopic (exact) mass is 276 g/mol. The van der Waals surface area contributed by atoms with Gasteiger partial charge >= 0.3 is 0 Å². The van der Waals surface area contributed by atoms with Crippen LogP contribution in [0.3, 0.4) is 0 Å². The van der Waals surface area contributed by atoms with E-state index >= 15 is 0 Å². The highest BCUT2D eigenvalue weighted by Crippen LogP contribution is 2.29. The van der Waals surface area contributed by atoms with E-state index in [1.54, 1.807) is 7.11 Å². The van der Waals surface area contributed by atoms with E-state index in [0.717, 1.165) is 13.0 Å². The van der Waals surface area contributed by atoms with Crippen molar-refractivity contribution in [3.05, 3.63) is 0 Å². The predicted molar refractivity (Wildman–Crippen MR) is 82.1 cm³/mol. The van der Waals surface area contributed by atoms with Crippen LogP contribution in [0.4, 0.5) is 0 Å². The molecule has 0 rings (SSSR count). The molecule has 0 bridgehead atoms. The third-order valence-electron chi connectivity index (χ3n) is 2.64. The molecule has 0 aliphatic rings. The second-order valence-corrected chi connectivity index (χ2v) is 17.2. The molecule has 104 valence electrons. The van der Waals surface area contributed by atoms with E-state index in [2.05, 4.69) is 46.6 Å². The lowest BCUT2D eigenvalue weighted by molar-refractivity contribution is 0.116. The van der Waals surface area contributed by atoms with Gasteiger partial charge in [0.1, 0.15) is 0 Å². The van der Waals surface area contributed by atoms with Gasteiger partial charge in [-0.1, -0.05) is 19.6 Å². The molecule has 17 heavy (non-hydrogen) atoms. The molecule has 0 amide bonds. The number of ether oxygens (including phenoxy) is 1. The Morgan fingerprint density at radius 2 is 1.53 bits per heavy atom. The van der Waals surface area contributed by atoms with E-state index in [1.165, 1.54) is 12.1 Å². The van der Waals surface area contributed by atoms with E-state index in [-0.39, 0.29) is 5.60 Å². The molecule has 0 spiro atoms. The summed E-state index contributed by atoms with van der Waals surface area (Å²) in [5.74, 6) is 0. The van der Waals surface area contributed by atoms with E-state index in [0.29, 0.717) is 0 Å². The Bertz CT molecular complexity index is 220. The zero-order chi connectivity index (χ0) is 13.7. The van der Waals surface area contributed by atoms with Crippen LogP contribution in [-0.2, 0) is 9.16 Å². The first-order valence-electron chi connectivity index (χ1n) is 6.67. The van der Waals surface area contributed by atoms with Crippen molar-refractivity contribution in [2.45, 2.75) is 70.7 Å². The van der Waals surface area contributed by atoms with Crippen LogP contribution in [0, 0.1) is 0 Å². The second kappa shape index (κ2) is 6.50. The third-order valence-corrected chi connectivity index (χ3v) is 7.21. The van der Waals surface area contributed by atoms with Crippen LogP contribution in [0.25, 0.3) is 0 Å². The smallest absolute Gasteiger partial charge is 0.187 e. The predicted octanol–water partition coefficient (Wildman–Crippen LogP) is 4.36. The van der Waals surface area contributed by atoms with Gasteiger partial charge in [-0.15, -0.1) is 0 Å². The Morgan fingerprint density at radius 3 is 1.94 bits per heavy atom. The van der Waals surface area contributed by atoms with E-state index < -0.39 is 16.4 Å². The largest absolute Gasteiger partial charge is 0.413 e. The topological polar surface area (TPSA) is 18.5 Å². The van der Waals surface area contributed by atoms with Crippen molar-refractivity contribution >= 4 is 16.4 Å². The molecule has 0 heterocycles. The van der Waals surface area contributed by atoms with Crippen LogP contribution in [0.5, 0.6) is 0 Å². The maximum atomic E-state index is 6.47. The Balaban J connectivity index is 4.27. The fourth-order valence-corrected chi connectivity index (χ4v) is 8.19. The lowest BCUT2D eigenvalue weighted by Crippen LogP contribution is -2.44. The summed E-state index contributed by atoms with van der Waals surface area (Å²) in [6.45, 7) is 17.3. The van der Waals surface area contributed by atoms with Crippen molar-refractivity contribution in [1.82, 2.24) is 0 Å². The van der Waals surface area contributed by atoms with Crippen LogP contribution in [0.1, 0.15) is 20.3 Å². The van der Waals surface area contributed by atoms with Crippen LogP contribution in [0.15, 0.2) is 0 Å². The Kier molecular flexibility index (Phi) is 6.64. The van der Waals surface area contributed by atoms with Gasteiger partial charge in [-0.05, 0) is 45.5 Å². The molecule has 0 aromatic carbocycles. The van der Waals surface area contributed by atoms with Crippen molar-refractivity contribution in [1.29, 1.82) is 0 Å². The van der Waals surface area contributed by atoms with Crippen LogP contribution in [-0.4, -0.2) is 35.7 Å². The molecule has 0 aromatic rings. The summed E-state index contributed by atoms with van der Waals surface area (Å²) < 4.78 is 11.6. The zero-order valence-electron chi connectivity index (χ0n) is 13.1. The first-order chi connectivity index (χ1) is 7.47. The highest BCUT2D eigenvalue weighted by Gasteiger charge is 2.34. The normalized spacial score (nSPS) is 14.1. The quantitative estimate of drug-likeness (QED) is 0.484. The van der Waals surface area contributed by atoms with Gasteiger partial charge in [0.2, 0.25) is 0 Å². The minimum atomic E-state index is -1.53. The average molecular weight is 277 g/mol. The molecule has 2 nitrogen and oxygen atoms in total. The second-order valence-electron chi connectivity index (χ2n) is 7.46. The van der Waals surface area contributed by atoms with Crippen molar-refractivity contribution in [2.24, 2.45) is 0 Å². The molecule has 0 unspecified atom stereocenters. The van der Waals surface area contributed by atoms with Gasteiger partial charge in [0.05, 0.1) is 0 Å². The SMILES string of the molecule is COCCC[Si](C)(C)OC(C)(C)C[Si](C)(C)C. The van der Waals surface area contributed by atoms with Gasteiger partial charge in [0.25, 0.3) is 0 Å². The maximum Gasteiger partial charge on any atom is 0.187 e. The molecule has 0 aliphatic carbocycles. The fourth-order valence-electron chi connectivity index (χ4n) is 2.75. The Labute approximate surface area is 110 Å². The summed E-state index contributed by atoms with van der Waals surface area (Å²) in [6.07, 6.45) is 1.12.